The van der Waals surface area contributed by atoms with Gasteiger partial charge in [0, 0.05) is 12.6 Å². The van der Waals surface area contributed by atoms with Crippen molar-refractivity contribution in [1.29, 1.82) is 0 Å². The lowest BCUT2D eigenvalue weighted by molar-refractivity contribution is -0.0458. The quantitative estimate of drug-likeness (QED) is 0.620. The first kappa shape index (κ1) is 19.3. The highest BCUT2D eigenvalue weighted by atomic mass is 16.7. The fraction of sp³-hybridized carbons (Fsp3) is 0.750. The summed E-state index contributed by atoms with van der Waals surface area (Å²) < 4.78 is 18.6. The van der Waals surface area contributed by atoms with E-state index in [1.165, 1.54) is 4.57 Å². The fourth-order valence-corrected chi connectivity index (χ4v) is 3.02. The van der Waals surface area contributed by atoms with Crippen LogP contribution in [0.2, 0.25) is 0 Å². The number of aromatic nitrogens is 2. The lowest BCUT2D eigenvalue weighted by Gasteiger charge is -2.32. The summed E-state index contributed by atoms with van der Waals surface area (Å²) in [6.07, 6.45) is 0.00613. The molecule has 0 bridgehead atoms. The van der Waals surface area contributed by atoms with E-state index < -0.39 is 42.4 Å². The van der Waals surface area contributed by atoms with E-state index in [1.807, 2.05) is 27.7 Å². The van der Waals surface area contributed by atoms with E-state index in [0.717, 1.165) is 0 Å². The molecule has 2 saturated heterocycles. The van der Waals surface area contributed by atoms with Gasteiger partial charge in [-0.25, -0.2) is 4.79 Å². The van der Waals surface area contributed by atoms with Crippen molar-refractivity contribution >= 4 is 12.9 Å². The summed E-state index contributed by atoms with van der Waals surface area (Å²) in [5, 5.41) is 22.0. The zero-order valence-corrected chi connectivity index (χ0v) is 15.5. The van der Waals surface area contributed by atoms with Crippen LogP contribution in [-0.4, -0.2) is 63.3 Å². The van der Waals surface area contributed by atoms with Crippen molar-refractivity contribution in [2.24, 2.45) is 0 Å². The summed E-state index contributed by atoms with van der Waals surface area (Å²) >= 11 is 0. The first-order valence-electron chi connectivity index (χ1n) is 8.76. The molecule has 26 heavy (non-hydrogen) atoms. The number of anilines is 1. The molecule has 2 aliphatic heterocycles. The van der Waals surface area contributed by atoms with Crippen LogP contribution in [-0.2, 0) is 14.0 Å². The molecule has 3 N–H and O–H groups in total. The average Bonchev–Trinajstić information content (AvgIpc) is 3.01. The minimum Gasteiger partial charge on any atom is -0.402 e. The molecule has 3 heterocycles. The van der Waals surface area contributed by atoms with Gasteiger partial charge in [-0.05, 0) is 33.8 Å². The number of aliphatic hydroxyl groups is 2. The van der Waals surface area contributed by atoms with Crippen molar-refractivity contribution in [2.45, 2.75) is 63.8 Å². The van der Waals surface area contributed by atoms with E-state index in [2.05, 4.69) is 10.3 Å². The second-order valence-electron chi connectivity index (χ2n) is 7.68. The molecule has 0 spiro atoms. The molecule has 0 aromatic carbocycles. The Morgan fingerprint density at radius 2 is 2.00 bits per heavy atom. The predicted molar refractivity (Wildman–Crippen MR) is 94.7 cm³/mol. The molecule has 1 aromatic heterocycles. The van der Waals surface area contributed by atoms with Crippen LogP contribution >= 0.6 is 0 Å². The minimum atomic E-state index is -0.807. The molecule has 2 fully saturated rings. The zero-order chi connectivity index (χ0) is 19.1. The summed E-state index contributed by atoms with van der Waals surface area (Å²) in [4.78, 5) is 16.2. The van der Waals surface area contributed by atoms with Gasteiger partial charge in [-0.3, -0.25) is 4.57 Å². The SMILES string of the molecule is CC1(C)OB(CNc2ccn([C@H]3C[C@H](O)[C@@H](CO)O3)c(=O)n2)OC1(C)C. The van der Waals surface area contributed by atoms with Crippen molar-refractivity contribution in [3.8, 4) is 0 Å². The maximum atomic E-state index is 12.3. The second-order valence-corrected chi connectivity index (χ2v) is 7.68. The van der Waals surface area contributed by atoms with Gasteiger partial charge < -0.3 is 29.6 Å². The van der Waals surface area contributed by atoms with Crippen LogP contribution in [0.5, 0.6) is 0 Å². The molecule has 144 valence electrons. The Hall–Kier alpha value is -1.46. The van der Waals surface area contributed by atoms with Crippen LogP contribution in [0.1, 0.15) is 40.3 Å². The molecule has 0 radical (unpaired) electrons. The van der Waals surface area contributed by atoms with Crippen LogP contribution in [0.25, 0.3) is 0 Å². The van der Waals surface area contributed by atoms with Gasteiger partial charge in [0.25, 0.3) is 0 Å². The molecule has 0 unspecified atom stereocenters. The molecule has 9 nitrogen and oxygen atoms in total. The second kappa shape index (κ2) is 6.93. The fourth-order valence-electron chi connectivity index (χ4n) is 3.02. The predicted octanol–water partition coefficient (Wildman–Crippen LogP) is -0.0727. The van der Waals surface area contributed by atoms with E-state index in [4.69, 9.17) is 19.2 Å². The molecule has 3 rings (SSSR count). The third kappa shape index (κ3) is 3.65. The van der Waals surface area contributed by atoms with Crippen molar-refractivity contribution in [3.05, 3.63) is 22.7 Å². The lowest BCUT2D eigenvalue weighted by Crippen LogP contribution is -2.41. The van der Waals surface area contributed by atoms with Gasteiger partial charge in [0.05, 0.1) is 30.4 Å². The topological polar surface area (TPSA) is 115 Å². The van der Waals surface area contributed by atoms with Gasteiger partial charge in [-0.15, -0.1) is 0 Å². The number of nitrogens with zero attached hydrogens (tertiary/aromatic N) is 2. The smallest absolute Gasteiger partial charge is 0.402 e. The van der Waals surface area contributed by atoms with Gasteiger partial charge in [-0.1, -0.05) is 0 Å². The molecule has 10 heteroatoms. The van der Waals surface area contributed by atoms with Gasteiger partial charge >= 0.3 is 12.8 Å². The Morgan fingerprint density at radius 1 is 1.35 bits per heavy atom. The zero-order valence-electron chi connectivity index (χ0n) is 15.5. The Labute approximate surface area is 152 Å². The Balaban J connectivity index is 1.62. The third-order valence-corrected chi connectivity index (χ3v) is 5.28. The highest BCUT2D eigenvalue weighted by Gasteiger charge is 2.50. The van der Waals surface area contributed by atoms with Crippen LogP contribution in [0, 0.1) is 0 Å². The van der Waals surface area contributed by atoms with E-state index in [0.29, 0.717) is 12.3 Å². The Morgan fingerprint density at radius 3 is 2.54 bits per heavy atom. The van der Waals surface area contributed by atoms with E-state index in [9.17, 15) is 9.90 Å². The first-order valence-corrected chi connectivity index (χ1v) is 8.76. The number of aliphatic hydroxyl groups excluding tert-OH is 2. The van der Waals surface area contributed by atoms with Crippen molar-refractivity contribution < 1.29 is 24.3 Å². The van der Waals surface area contributed by atoms with Gasteiger partial charge in [0.1, 0.15) is 18.1 Å². The number of ether oxygens (including phenoxy) is 1. The van der Waals surface area contributed by atoms with E-state index >= 15 is 0 Å². The third-order valence-electron chi connectivity index (χ3n) is 5.28. The highest BCUT2D eigenvalue weighted by Crippen LogP contribution is 2.36. The molecule has 2 aliphatic rings. The van der Waals surface area contributed by atoms with Crippen molar-refractivity contribution in [2.75, 3.05) is 18.4 Å². The molecule has 0 amide bonds. The van der Waals surface area contributed by atoms with Crippen molar-refractivity contribution in [3.63, 3.8) is 0 Å². The number of nitrogens with one attached hydrogen (secondary N) is 1. The van der Waals surface area contributed by atoms with Gasteiger partial charge in [0.2, 0.25) is 0 Å². The molecule has 1 aromatic rings. The molecular weight excluding hydrogens is 341 g/mol. The standard InChI is InChI=1S/C16H26BN3O6/c1-15(2)16(3,4)26-17(25-15)9-18-12-5-6-20(14(23)19-12)13-7-10(22)11(8-21)24-13/h5-6,10-11,13,21-22H,7-9H2,1-4H3,(H,18,19,23)/t10-,11+,13+/m0/s1. The minimum absolute atomic E-state index is 0.230. The lowest BCUT2D eigenvalue weighted by atomic mass is 9.90. The maximum Gasteiger partial charge on any atom is 0.478 e. The maximum absolute atomic E-state index is 12.3. The number of rotatable bonds is 5. The van der Waals surface area contributed by atoms with Crippen LogP contribution in [0.3, 0.4) is 0 Å². The molecule has 0 saturated carbocycles. The summed E-state index contributed by atoms with van der Waals surface area (Å²) in [6, 6.07) is 1.65. The average molecular weight is 367 g/mol. The van der Waals surface area contributed by atoms with E-state index in [1.54, 1.807) is 12.3 Å². The highest BCUT2D eigenvalue weighted by molar-refractivity contribution is 6.46. The first-order chi connectivity index (χ1) is 12.1. The number of hydrogen-bond donors (Lipinski definition) is 3. The normalized spacial score (nSPS) is 29.9. The Bertz CT molecular complexity index is 693. The Kier molecular flexibility index (Phi) is 5.15. The van der Waals surface area contributed by atoms with Crippen LogP contribution < -0.4 is 11.0 Å². The summed E-state index contributed by atoms with van der Waals surface area (Å²) in [5.41, 5.74) is -1.33. The largest absolute Gasteiger partial charge is 0.478 e. The van der Waals surface area contributed by atoms with E-state index in [-0.39, 0.29) is 13.0 Å². The summed E-state index contributed by atoms with van der Waals surface area (Å²) in [7, 11) is -0.442. The monoisotopic (exact) mass is 367 g/mol. The molecule has 0 aliphatic carbocycles. The van der Waals surface area contributed by atoms with Crippen LogP contribution in [0.15, 0.2) is 17.1 Å². The summed E-state index contributed by atoms with van der Waals surface area (Å²) in [6.45, 7) is 7.60. The summed E-state index contributed by atoms with van der Waals surface area (Å²) in [5.74, 6) is 0.401. The van der Waals surface area contributed by atoms with Crippen LogP contribution in [0.4, 0.5) is 5.82 Å². The number of hydrogen-bond acceptors (Lipinski definition) is 8. The van der Waals surface area contributed by atoms with Crippen molar-refractivity contribution in [1.82, 2.24) is 9.55 Å². The molecule has 3 atom stereocenters. The van der Waals surface area contributed by atoms with Gasteiger partial charge in [-0.2, -0.15) is 4.98 Å². The molecular formula is C16H26BN3O6. The van der Waals surface area contributed by atoms with Gasteiger partial charge in [0.15, 0.2) is 0 Å².